The number of amides is 1. The molecule has 0 spiro atoms. The first-order chi connectivity index (χ1) is 14.8. The Morgan fingerprint density at radius 3 is 2.72 bits per heavy atom. The number of carboxylic acid groups (broad SMARTS) is 1. The highest BCUT2D eigenvalue weighted by molar-refractivity contribution is 9.10. The van der Waals surface area contributed by atoms with E-state index in [0.717, 1.165) is 12.8 Å². The molecule has 2 aromatic heterocycles. The lowest BCUT2D eigenvalue weighted by atomic mass is 9.94. The second kappa shape index (κ2) is 9.58. The van der Waals surface area contributed by atoms with Gasteiger partial charge in [-0.2, -0.15) is 0 Å². The van der Waals surface area contributed by atoms with Gasteiger partial charge in [0.1, 0.15) is 5.52 Å². The Labute approximate surface area is 203 Å². The Morgan fingerprint density at radius 1 is 1.41 bits per heavy atom. The number of aliphatic hydroxyl groups excluding tert-OH is 1. The van der Waals surface area contributed by atoms with Crippen molar-refractivity contribution >= 4 is 53.1 Å². The molecule has 2 N–H and O–H groups in total. The third-order valence-electron chi connectivity index (χ3n) is 6.66. The Morgan fingerprint density at radius 2 is 2.09 bits per heavy atom. The summed E-state index contributed by atoms with van der Waals surface area (Å²) < 4.78 is 9.04. The smallest absolute Gasteiger partial charge is 0.407 e. The number of fused-ring (bicyclic) bond motifs is 1. The van der Waals surface area contributed by atoms with E-state index in [9.17, 15) is 15.0 Å². The van der Waals surface area contributed by atoms with E-state index in [1.807, 2.05) is 0 Å². The van der Waals surface area contributed by atoms with Gasteiger partial charge in [-0.3, -0.25) is 0 Å². The fourth-order valence-electron chi connectivity index (χ4n) is 3.90. The number of aromatic nitrogens is 3. The van der Waals surface area contributed by atoms with Gasteiger partial charge in [0.2, 0.25) is 0 Å². The molecule has 1 fully saturated rings. The van der Waals surface area contributed by atoms with Crippen LogP contribution in [0.3, 0.4) is 0 Å². The van der Waals surface area contributed by atoms with Crippen LogP contribution >= 0.6 is 27.5 Å². The molecule has 178 valence electrons. The normalized spacial score (nSPS) is 21.2. The van der Waals surface area contributed by atoms with Crippen molar-refractivity contribution < 1.29 is 19.4 Å². The molecular formula is C21H32BrClN4O4Si. The van der Waals surface area contributed by atoms with E-state index in [-0.39, 0.29) is 24.1 Å². The molecule has 1 unspecified atom stereocenters. The molecule has 3 atom stereocenters. The Hall–Kier alpha value is -1.20. The van der Waals surface area contributed by atoms with Crippen LogP contribution in [0.15, 0.2) is 17.0 Å². The van der Waals surface area contributed by atoms with Gasteiger partial charge in [0.25, 0.3) is 0 Å². The second-order valence-corrected chi connectivity index (χ2v) is 16.0. The van der Waals surface area contributed by atoms with Crippen LogP contribution in [0.1, 0.15) is 40.0 Å². The molecule has 1 saturated heterocycles. The molecule has 1 aliphatic heterocycles. The molecule has 3 rings (SSSR count). The SMILES string of the molecule is CC(C)(C)[Si](C)(C)O[C@H]1CCCN(C(=O)O)[C@@H]1CC(O)Cn1cnc2c(Cl)c(Br)cnc21. The van der Waals surface area contributed by atoms with Crippen LogP contribution < -0.4 is 0 Å². The average Bonchev–Trinajstić information content (AvgIpc) is 3.08. The lowest BCUT2D eigenvalue weighted by molar-refractivity contribution is -0.00326. The van der Waals surface area contributed by atoms with Crippen molar-refractivity contribution in [3.63, 3.8) is 0 Å². The van der Waals surface area contributed by atoms with Gasteiger partial charge in [-0.25, -0.2) is 14.8 Å². The van der Waals surface area contributed by atoms with Crippen LogP contribution in [0.4, 0.5) is 4.79 Å². The number of piperidine rings is 1. The minimum atomic E-state index is -2.11. The number of rotatable bonds is 6. The number of carbonyl (C=O) groups is 1. The molecule has 32 heavy (non-hydrogen) atoms. The van der Waals surface area contributed by atoms with Gasteiger partial charge in [-0.15, -0.1) is 0 Å². The molecule has 0 aromatic carbocycles. The van der Waals surface area contributed by atoms with E-state index >= 15 is 0 Å². The third kappa shape index (κ3) is 5.30. The van der Waals surface area contributed by atoms with Gasteiger partial charge in [0, 0.05) is 12.7 Å². The number of hydrogen-bond acceptors (Lipinski definition) is 5. The number of aliphatic hydroxyl groups is 1. The Balaban J connectivity index is 1.80. The summed E-state index contributed by atoms with van der Waals surface area (Å²) in [5.41, 5.74) is 1.13. The van der Waals surface area contributed by atoms with E-state index in [4.69, 9.17) is 16.0 Å². The van der Waals surface area contributed by atoms with E-state index in [2.05, 4.69) is 59.8 Å². The maximum Gasteiger partial charge on any atom is 0.407 e. The topological polar surface area (TPSA) is 101 Å². The standard InChI is InChI=1S/C21H32BrClN4O4Si/c1-21(2,3)32(4,5)31-16-7-6-8-27(20(29)30)15(16)9-13(28)11-26-12-25-18-17(23)14(22)10-24-19(18)26/h10,12-13,15-16,28H,6-9,11H2,1-5H3,(H,29,30)/t13?,15-,16+/m1/s1. The maximum absolute atomic E-state index is 12.0. The van der Waals surface area contributed by atoms with Crippen molar-refractivity contribution in [2.24, 2.45) is 0 Å². The summed E-state index contributed by atoms with van der Waals surface area (Å²) in [7, 11) is -2.11. The predicted molar refractivity (Wildman–Crippen MR) is 131 cm³/mol. The summed E-state index contributed by atoms with van der Waals surface area (Å²) in [6.07, 6.45) is 3.00. The van der Waals surface area contributed by atoms with Crippen molar-refractivity contribution in [2.45, 2.75) is 83.0 Å². The highest BCUT2D eigenvalue weighted by atomic mass is 79.9. The monoisotopic (exact) mass is 546 g/mol. The van der Waals surface area contributed by atoms with Crippen molar-refractivity contribution in [3.05, 3.63) is 22.0 Å². The van der Waals surface area contributed by atoms with Crippen LogP contribution in [0, 0.1) is 0 Å². The van der Waals surface area contributed by atoms with Crippen molar-refractivity contribution in [2.75, 3.05) is 6.54 Å². The number of hydrogen-bond donors (Lipinski definition) is 2. The fraction of sp³-hybridized carbons (Fsp3) is 0.667. The van der Waals surface area contributed by atoms with Crippen LogP contribution in [-0.2, 0) is 11.0 Å². The van der Waals surface area contributed by atoms with E-state index in [1.54, 1.807) is 17.1 Å². The molecule has 2 aromatic rings. The summed E-state index contributed by atoms with van der Waals surface area (Å²) in [5.74, 6) is 0. The first-order valence-electron chi connectivity index (χ1n) is 10.8. The van der Waals surface area contributed by atoms with Crippen molar-refractivity contribution in [1.82, 2.24) is 19.4 Å². The van der Waals surface area contributed by atoms with E-state index in [0.29, 0.717) is 27.2 Å². The zero-order valence-corrected chi connectivity index (χ0v) is 22.5. The van der Waals surface area contributed by atoms with Crippen LogP contribution in [-0.4, -0.2) is 68.9 Å². The molecule has 1 aliphatic rings. The summed E-state index contributed by atoms with van der Waals surface area (Å²) in [6, 6.07) is -0.411. The van der Waals surface area contributed by atoms with Gasteiger partial charge in [0.05, 0.1) is 40.6 Å². The molecule has 0 bridgehead atoms. The molecule has 0 aliphatic carbocycles. The van der Waals surface area contributed by atoms with Gasteiger partial charge < -0.3 is 24.1 Å². The molecule has 0 saturated carbocycles. The maximum atomic E-state index is 12.0. The van der Waals surface area contributed by atoms with Crippen LogP contribution in [0.25, 0.3) is 11.2 Å². The zero-order valence-electron chi connectivity index (χ0n) is 19.2. The molecule has 0 radical (unpaired) electrons. The number of likely N-dealkylation sites (tertiary alicyclic amines) is 1. The second-order valence-electron chi connectivity index (χ2n) is 9.98. The Kier molecular flexibility index (Phi) is 7.61. The average molecular weight is 548 g/mol. The zero-order chi connectivity index (χ0) is 23.8. The molecule has 3 heterocycles. The number of pyridine rings is 1. The van der Waals surface area contributed by atoms with Crippen LogP contribution in [0.2, 0.25) is 23.2 Å². The predicted octanol–water partition coefficient (Wildman–Crippen LogP) is 5.13. The largest absolute Gasteiger partial charge is 0.465 e. The molecule has 11 heteroatoms. The summed E-state index contributed by atoms with van der Waals surface area (Å²) in [6.45, 7) is 11.5. The molecule has 1 amide bonds. The van der Waals surface area contributed by atoms with Crippen molar-refractivity contribution in [3.8, 4) is 0 Å². The summed E-state index contributed by atoms with van der Waals surface area (Å²) in [4.78, 5) is 22.1. The van der Waals surface area contributed by atoms with Crippen LogP contribution in [0.5, 0.6) is 0 Å². The summed E-state index contributed by atoms with van der Waals surface area (Å²) >= 11 is 9.63. The van der Waals surface area contributed by atoms with Gasteiger partial charge in [0.15, 0.2) is 14.0 Å². The highest BCUT2D eigenvalue weighted by Gasteiger charge is 2.44. The van der Waals surface area contributed by atoms with Crippen molar-refractivity contribution in [1.29, 1.82) is 0 Å². The number of halogens is 2. The lowest BCUT2D eigenvalue weighted by Gasteiger charge is -2.46. The first-order valence-corrected chi connectivity index (χ1v) is 14.9. The lowest BCUT2D eigenvalue weighted by Crippen LogP contribution is -2.56. The number of nitrogens with zero attached hydrogens (tertiary/aromatic N) is 4. The Bertz CT molecular complexity index is 981. The minimum Gasteiger partial charge on any atom is -0.465 e. The molecular weight excluding hydrogens is 516 g/mol. The van der Waals surface area contributed by atoms with E-state index in [1.165, 1.54) is 4.90 Å². The highest BCUT2D eigenvalue weighted by Crippen LogP contribution is 2.39. The molecule has 8 nitrogen and oxygen atoms in total. The quantitative estimate of drug-likeness (QED) is 0.486. The van der Waals surface area contributed by atoms with Gasteiger partial charge >= 0.3 is 6.09 Å². The van der Waals surface area contributed by atoms with Gasteiger partial charge in [-0.05, 0) is 53.3 Å². The fourth-order valence-corrected chi connectivity index (χ4v) is 5.76. The minimum absolute atomic E-state index is 0.0105. The summed E-state index contributed by atoms with van der Waals surface area (Å²) in [5, 5.41) is 21.2. The third-order valence-corrected chi connectivity index (χ3v) is 12.4. The van der Waals surface area contributed by atoms with E-state index < -0.39 is 26.6 Å². The first kappa shape index (κ1) is 25.4. The van der Waals surface area contributed by atoms with Gasteiger partial charge in [-0.1, -0.05) is 32.4 Å². The number of imidazole rings is 1.